The van der Waals surface area contributed by atoms with E-state index in [9.17, 15) is 0 Å². The third kappa shape index (κ3) is 2.02. The van der Waals surface area contributed by atoms with Crippen molar-refractivity contribution in [2.75, 3.05) is 5.43 Å². The number of benzene rings is 1. The summed E-state index contributed by atoms with van der Waals surface area (Å²) >= 11 is 0. The molecule has 0 atom stereocenters. The van der Waals surface area contributed by atoms with Crippen LogP contribution in [0.3, 0.4) is 0 Å². The van der Waals surface area contributed by atoms with Gasteiger partial charge in [-0.15, -0.1) is 9.89 Å². The molecule has 0 aliphatic heterocycles. The van der Waals surface area contributed by atoms with Crippen LogP contribution < -0.4 is 5.43 Å². The first kappa shape index (κ1) is 7.72. The third-order valence-electron chi connectivity index (χ3n) is 1.64. The van der Waals surface area contributed by atoms with Crippen LogP contribution in [-0.2, 0) is 6.54 Å². The van der Waals surface area contributed by atoms with Crippen molar-refractivity contribution >= 4 is 0 Å². The highest BCUT2D eigenvalue weighted by Gasteiger charge is 1.91. The zero-order valence-electron chi connectivity index (χ0n) is 6.96. The van der Waals surface area contributed by atoms with Crippen molar-refractivity contribution < 1.29 is 0 Å². The average molecular weight is 175 g/mol. The molecule has 0 saturated carbocycles. The Bertz CT molecular complexity index is 342. The van der Waals surface area contributed by atoms with Crippen molar-refractivity contribution in [1.82, 2.24) is 20.3 Å². The van der Waals surface area contributed by atoms with Gasteiger partial charge in [-0.05, 0) is 16.0 Å². The molecular formula is C8H9N5. The molecule has 0 saturated heterocycles. The molecule has 0 unspecified atom stereocenters. The van der Waals surface area contributed by atoms with E-state index >= 15 is 0 Å². The molecule has 1 N–H and O–H groups in total. The van der Waals surface area contributed by atoms with Crippen molar-refractivity contribution in [3.63, 3.8) is 0 Å². The van der Waals surface area contributed by atoms with Crippen LogP contribution in [0.2, 0.25) is 0 Å². The molecule has 1 aromatic heterocycles. The summed E-state index contributed by atoms with van der Waals surface area (Å²) in [4.78, 5) is 1.48. The van der Waals surface area contributed by atoms with Crippen LogP contribution in [-0.4, -0.2) is 20.3 Å². The highest BCUT2D eigenvalue weighted by molar-refractivity contribution is 5.15. The van der Waals surface area contributed by atoms with Crippen LogP contribution in [0.15, 0.2) is 36.7 Å². The minimum absolute atomic E-state index is 0.714. The van der Waals surface area contributed by atoms with E-state index in [1.165, 1.54) is 16.7 Å². The first-order valence-corrected chi connectivity index (χ1v) is 3.96. The standard InChI is InChI=1S/C8H9N5/c1-2-4-8(5-3-1)6-10-13-7-9-11-12-13/h1-5,7,10H,6H2. The Kier molecular flexibility index (Phi) is 2.18. The normalized spacial score (nSPS) is 9.85. The van der Waals surface area contributed by atoms with E-state index in [1.54, 1.807) is 0 Å². The van der Waals surface area contributed by atoms with Gasteiger partial charge in [-0.25, -0.2) is 0 Å². The van der Waals surface area contributed by atoms with Crippen molar-refractivity contribution in [2.24, 2.45) is 0 Å². The second-order valence-electron chi connectivity index (χ2n) is 2.57. The summed E-state index contributed by atoms with van der Waals surface area (Å²) < 4.78 is 0. The van der Waals surface area contributed by atoms with Crippen LogP contribution in [0.5, 0.6) is 0 Å². The van der Waals surface area contributed by atoms with Crippen LogP contribution in [0.25, 0.3) is 0 Å². The van der Waals surface area contributed by atoms with Crippen molar-refractivity contribution in [3.8, 4) is 0 Å². The van der Waals surface area contributed by atoms with Crippen molar-refractivity contribution in [1.29, 1.82) is 0 Å². The summed E-state index contributed by atoms with van der Waals surface area (Å²) in [5.41, 5.74) is 4.21. The van der Waals surface area contributed by atoms with Gasteiger partial charge in [-0.2, -0.15) is 0 Å². The Morgan fingerprint density at radius 2 is 2.08 bits per heavy atom. The van der Waals surface area contributed by atoms with Gasteiger partial charge in [0.1, 0.15) is 0 Å². The second-order valence-corrected chi connectivity index (χ2v) is 2.57. The van der Waals surface area contributed by atoms with Gasteiger partial charge in [-0.1, -0.05) is 30.3 Å². The number of nitrogens with zero attached hydrogens (tertiary/aromatic N) is 4. The van der Waals surface area contributed by atoms with Crippen LogP contribution in [0.4, 0.5) is 0 Å². The SMILES string of the molecule is c1ccc(CNn2cnnn2)cc1. The maximum absolute atomic E-state index is 3.68. The van der Waals surface area contributed by atoms with E-state index in [4.69, 9.17) is 0 Å². The Morgan fingerprint density at radius 3 is 2.77 bits per heavy atom. The van der Waals surface area contributed by atoms with Gasteiger partial charge in [0.15, 0.2) is 6.33 Å². The van der Waals surface area contributed by atoms with E-state index in [-0.39, 0.29) is 0 Å². The molecule has 0 aliphatic carbocycles. The number of nitrogens with one attached hydrogen (secondary N) is 1. The van der Waals surface area contributed by atoms with Gasteiger partial charge in [0.25, 0.3) is 0 Å². The highest BCUT2D eigenvalue weighted by Crippen LogP contribution is 1.97. The summed E-state index contributed by atoms with van der Waals surface area (Å²) in [6, 6.07) is 10.1. The first-order valence-electron chi connectivity index (χ1n) is 3.96. The number of hydrogen-bond acceptors (Lipinski definition) is 4. The summed E-state index contributed by atoms with van der Waals surface area (Å²) in [5.74, 6) is 0. The van der Waals surface area contributed by atoms with E-state index in [1.807, 2.05) is 30.3 Å². The summed E-state index contributed by atoms with van der Waals surface area (Å²) in [5, 5.41) is 10.7. The highest BCUT2D eigenvalue weighted by atomic mass is 15.7. The molecule has 0 spiro atoms. The van der Waals surface area contributed by atoms with Gasteiger partial charge in [-0.3, -0.25) is 0 Å². The monoisotopic (exact) mass is 175 g/mol. The van der Waals surface area contributed by atoms with Crippen molar-refractivity contribution in [3.05, 3.63) is 42.2 Å². The predicted octanol–water partition coefficient (Wildman–Crippen LogP) is 0.417. The predicted molar refractivity (Wildman–Crippen MR) is 47.3 cm³/mol. The summed E-state index contributed by atoms with van der Waals surface area (Å²) in [6.45, 7) is 0.714. The molecule has 0 bridgehead atoms. The number of tetrazole rings is 1. The largest absolute Gasteiger partial charge is 0.303 e. The molecule has 0 radical (unpaired) electrons. The van der Waals surface area contributed by atoms with Gasteiger partial charge >= 0.3 is 0 Å². The number of rotatable bonds is 3. The molecule has 0 amide bonds. The van der Waals surface area contributed by atoms with E-state index < -0.39 is 0 Å². The average Bonchev–Trinajstić information content (AvgIpc) is 2.69. The first-order chi connectivity index (χ1) is 6.45. The molecule has 2 rings (SSSR count). The Labute approximate surface area is 75.4 Å². The maximum Gasteiger partial charge on any atom is 0.161 e. The zero-order valence-corrected chi connectivity index (χ0v) is 6.96. The fraction of sp³-hybridized carbons (Fsp3) is 0.125. The molecule has 1 heterocycles. The molecule has 1 aromatic carbocycles. The molecule has 66 valence electrons. The Hall–Kier alpha value is -1.91. The Morgan fingerprint density at radius 1 is 1.23 bits per heavy atom. The van der Waals surface area contributed by atoms with Gasteiger partial charge in [0.05, 0.1) is 6.54 Å². The molecule has 0 fully saturated rings. The van der Waals surface area contributed by atoms with Gasteiger partial charge < -0.3 is 5.43 Å². The topological polar surface area (TPSA) is 55.6 Å². The lowest BCUT2D eigenvalue weighted by molar-refractivity contribution is 0.688. The lowest BCUT2D eigenvalue weighted by atomic mass is 10.2. The quantitative estimate of drug-likeness (QED) is 0.734. The summed E-state index contributed by atoms with van der Waals surface area (Å²) in [7, 11) is 0. The van der Waals surface area contributed by atoms with E-state index in [0.717, 1.165) is 0 Å². The van der Waals surface area contributed by atoms with Crippen molar-refractivity contribution in [2.45, 2.75) is 6.54 Å². The van der Waals surface area contributed by atoms with Crippen LogP contribution in [0, 0.1) is 0 Å². The molecule has 5 nitrogen and oxygen atoms in total. The fourth-order valence-electron chi connectivity index (χ4n) is 1.00. The number of aromatic nitrogens is 4. The molecule has 5 heteroatoms. The van der Waals surface area contributed by atoms with E-state index in [0.29, 0.717) is 6.54 Å². The third-order valence-corrected chi connectivity index (χ3v) is 1.64. The molecular weight excluding hydrogens is 166 g/mol. The summed E-state index contributed by atoms with van der Waals surface area (Å²) in [6.07, 6.45) is 1.52. The second kappa shape index (κ2) is 3.66. The number of hydrogen-bond donors (Lipinski definition) is 1. The van der Waals surface area contributed by atoms with Gasteiger partial charge in [0, 0.05) is 0 Å². The fourth-order valence-corrected chi connectivity index (χ4v) is 1.00. The lowest BCUT2D eigenvalue weighted by Crippen LogP contribution is -2.14. The molecule has 13 heavy (non-hydrogen) atoms. The molecule has 2 aromatic rings. The van der Waals surface area contributed by atoms with Crippen LogP contribution in [0.1, 0.15) is 5.56 Å². The molecule has 0 aliphatic rings. The zero-order chi connectivity index (χ0) is 8.93. The lowest BCUT2D eigenvalue weighted by Gasteiger charge is -2.03. The Balaban J connectivity index is 1.94. The minimum Gasteiger partial charge on any atom is -0.303 e. The smallest absolute Gasteiger partial charge is 0.161 e. The maximum atomic E-state index is 3.68. The minimum atomic E-state index is 0.714. The van der Waals surface area contributed by atoms with E-state index in [2.05, 4.69) is 21.0 Å². The van der Waals surface area contributed by atoms with Crippen LogP contribution >= 0.6 is 0 Å². The van der Waals surface area contributed by atoms with Gasteiger partial charge in [0.2, 0.25) is 0 Å².